The Balaban J connectivity index is 0.000000202. The molecule has 0 fully saturated rings. The first kappa shape index (κ1) is 27.4. The van der Waals surface area contributed by atoms with Gasteiger partial charge in [0.1, 0.15) is 23.0 Å². The quantitative estimate of drug-likeness (QED) is 0.262. The fraction of sp³-hybridized carbons (Fsp3) is 0.273. The van der Waals surface area contributed by atoms with E-state index in [1.807, 2.05) is 54.6 Å². The van der Waals surface area contributed by atoms with Gasteiger partial charge in [-0.1, -0.05) is 81.3 Å². The van der Waals surface area contributed by atoms with Gasteiger partial charge in [-0.15, -0.1) is 0 Å². The molecule has 0 N–H and O–H groups in total. The normalized spacial score (nSPS) is 10.7. The Bertz CT molecular complexity index is 1260. The summed E-state index contributed by atoms with van der Waals surface area (Å²) in [4.78, 5) is 0. The second-order valence-corrected chi connectivity index (χ2v) is 10.2. The van der Waals surface area contributed by atoms with Crippen LogP contribution in [0.15, 0.2) is 84.9 Å². The van der Waals surface area contributed by atoms with Crippen LogP contribution in [0.25, 0.3) is 0 Å². The van der Waals surface area contributed by atoms with Crippen molar-refractivity contribution in [2.75, 3.05) is 0 Å². The Labute approximate surface area is 221 Å². The van der Waals surface area contributed by atoms with Crippen LogP contribution in [0.5, 0.6) is 23.0 Å². The molecule has 3 heteroatoms. The van der Waals surface area contributed by atoms with Gasteiger partial charge in [0, 0.05) is 0 Å². The Kier molecular flexibility index (Phi) is 9.61. The molecule has 0 aliphatic heterocycles. The molecule has 4 aromatic carbocycles. The van der Waals surface area contributed by atoms with Crippen molar-refractivity contribution in [1.29, 1.82) is 0 Å². The first-order valence-electron chi connectivity index (χ1n) is 12.5. The number of aryl methyl sites for hydroxylation is 3. The summed E-state index contributed by atoms with van der Waals surface area (Å²) >= 11 is 6.20. The fourth-order valence-electron chi connectivity index (χ4n) is 3.52. The zero-order valence-corrected chi connectivity index (χ0v) is 23.2. The summed E-state index contributed by atoms with van der Waals surface area (Å²) in [6.07, 6.45) is 0. The average molecular weight is 501 g/mol. The molecule has 0 unspecified atom stereocenters. The van der Waals surface area contributed by atoms with Crippen molar-refractivity contribution in [3.8, 4) is 23.0 Å². The largest absolute Gasteiger partial charge is 0.457 e. The molecule has 0 saturated heterocycles. The van der Waals surface area contributed by atoms with Crippen molar-refractivity contribution in [2.24, 2.45) is 0 Å². The van der Waals surface area contributed by atoms with Gasteiger partial charge >= 0.3 is 0 Å². The summed E-state index contributed by atoms with van der Waals surface area (Å²) in [5.41, 5.74) is 6.28. The van der Waals surface area contributed by atoms with E-state index < -0.39 is 0 Å². The molecule has 0 radical (unpaired) electrons. The second-order valence-electron chi connectivity index (χ2n) is 9.83. The molecule has 36 heavy (non-hydrogen) atoms. The van der Waals surface area contributed by atoms with E-state index >= 15 is 0 Å². The Hall–Kier alpha value is -3.23. The number of ether oxygens (including phenoxy) is 2. The molecule has 2 nitrogen and oxygen atoms in total. The summed E-state index contributed by atoms with van der Waals surface area (Å²) in [7, 11) is 0. The van der Waals surface area contributed by atoms with Crippen molar-refractivity contribution in [1.82, 2.24) is 0 Å². The van der Waals surface area contributed by atoms with Crippen molar-refractivity contribution in [3.63, 3.8) is 0 Å². The van der Waals surface area contributed by atoms with E-state index in [0.717, 1.165) is 23.0 Å². The monoisotopic (exact) mass is 500 g/mol. The minimum absolute atomic E-state index is 0.458. The molecule has 0 amide bonds. The van der Waals surface area contributed by atoms with Gasteiger partial charge < -0.3 is 9.47 Å². The lowest BCUT2D eigenvalue weighted by Crippen LogP contribution is -1.91. The molecular weight excluding hydrogens is 464 g/mol. The van der Waals surface area contributed by atoms with E-state index in [-0.39, 0.29) is 0 Å². The first-order chi connectivity index (χ1) is 17.1. The average Bonchev–Trinajstić information content (AvgIpc) is 2.85. The standard InChI is InChI=1S/C17H19ClO.C16H18O/c1-11(2)14-6-8-16(18)17(10-14)19-15-7-5-12(3)13(4)9-15;1-12(2)14-6-10-16(11-7-14)17-15-8-4-13(3)5-9-15/h5-11H,1-4H3;4-12H,1-3H3. The zero-order valence-electron chi connectivity index (χ0n) is 22.4. The highest BCUT2D eigenvalue weighted by Gasteiger charge is 2.08. The summed E-state index contributed by atoms with van der Waals surface area (Å²) in [6, 6.07) is 28.4. The topological polar surface area (TPSA) is 18.5 Å². The van der Waals surface area contributed by atoms with E-state index in [0.29, 0.717) is 16.9 Å². The van der Waals surface area contributed by atoms with E-state index in [9.17, 15) is 0 Å². The third-order valence-electron chi connectivity index (χ3n) is 6.13. The maximum Gasteiger partial charge on any atom is 0.146 e. The zero-order chi connectivity index (χ0) is 26.2. The van der Waals surface area contributed by atoms with Crippen molar-refractivity contribution in [2.45, 2.75) is 60.3 Å². The van der Waals surface area contributed by atoms with Gasteiger partial charge in [-0.25, -0.2) is 0 Å². The summed E-state index contributed by atoms with van der Waals surface area (Å²) < 4.78 is 11.7. The maximum absolute atomic E-state index is 6.20. The minimum Gasteiger partial charge on any atom is -0.457 e. The lowest BCUT2D eigenvalue weighted by molar-refractivity contribution is 0.481. The van der Waals surface area contributed by atoms with Crippen molar-refractivity contribution >= 4 is 11.6 Å². The molecular formula is C33H37ClO2. The predicted octanol–water partition coefficient (Wildman–Crippen LogP) is 10.8. The highest BCUT2D eigenvalue weighted by Crippen LogP contribution is 2.33. The molecule has 0 aliphatic carbocycles. The van der Waals surface area contributed by atoms with Crippen molar-refractivity contribution < 1.29 is 9.47 Å². The van der Waals surface area contributed by atoms with Crippen LogP contribution in [0.2, 0.25) is 5.02 Å². The van der Waals surface area contributed by atoms with Gasteiger partial charge in [0.2, 0.25) is 0 Å². The number of hydrogen-bond donors (Lipinski definition) is 0. The molecule has 0 heterocycles. The van der Waals surface area contributed by atoms with E-state index in [1.165, 1.54) is 27.8 Å². The number of rotatable bonds is 6. The Morgan fingerprint density at radius 2 is 1.06 bits per heavy atom. The molecule has 0 bridgehead atoms. The van der Waals surface area contributed by atoms with Gasteiger partial charge in [-0.3, -0.25) is 0 Å². The van der Waals surface area contributed by atoms with Crippen LogP contribution >= 0.6 is 11.6 Å². The van der Waals surface area contributed by atoms with Gasteiger partial charge in [-0.2, -0.15) is 0 Å². The third-order valence-corrected chi connectivity index (χ3v) is 6.44. The van der Waals surface area contributed by atoms with E-state index in [1.54, 1.807) is 0 Å². The van der Waals surface area contributed by atoms with Crippen LogP contribution in [-0.2, 0) is 0 Å². The highest BCUT2D eigenvalue weighted by molar-refractivity contribution is 6.32. The van der Waals surface area contributed by atoms with Gasteiger partial charge in [-0.05, 0) is 103 Å². The molecule has 4 rings (SSSR count). The third kappa shape index (κ3) is 7.90. The number of benzene rings is 4. The summed E-state index contributed by atoms with van der Waals surface area (Å²) in [6.45, 7) is 14.9. The smallest absolute Gasteiger partial charge is 0.146 e. The molecule has 188 valence electrons. The van der Waals surface area contributed by atoms with Crippen LogP contribution in [0.3, 0.4) is 0 Å². The predicted molar refractivity (Wildman–Crippen MR) is 153 cm³/mol. The lowest BCUT2D eigenvalue weighted by Gasteiger charge is -2.12. The van der Waals surface area contributed by atoms with Crippen LogP contribution in [-0.4, -0.2) is 0 Å². The molecule has 0 spiro atoms. The molecule has 0 atom stereocenters. The van der Waals surface area contributed by atoms with Gasteiger partial charge in [0.25, 0.3) is 0 Å². The molecule has 0 aliphatic rings. The van der Waals surface area contributed by atoms with Crippen LogP contribution < -0.4 is 9.47 Å². The first-order valence-corrected chi connectivity index (χ1v) is 12.9. The van der Waals surface area contributed by atoms with Crippen LogP contribution in [0.1, 0.15) is 67.3 Å². The van der Waals surface area contributed by atoms with E-state index in [4.69, 9.17) is 21.1 Å². The number of hydrogen-bond acceptors (Lipinski definition) is 2. The van der Waals surface area contributed by atoms with Crippen molar-refractivity contribution in [3.05, 3.63) is 118 Å². The SMILES string of the molecule is Cc1ccc(Oc2cc(C(C)C)ccc2Cl)cc1C.Cc1ccc(Oc2ccc(C(C)C)cc2)cc1. The van der Waals surface area contributed by atoms with Gasteiger partial charge in [0.05, 0.1) is 5.02 Å². The molecule has 4 aromatic rings. The lowest BCUT2D eigenvalue weighted by atomic mass is 10.0. The molecule has 0 saturated carbocycles. The number of halogens is 1. The van der Waals surface area contributed by atoms with Crippen LogP contribution in [0.4, 0.5) is 0 Å². The van der Waals surface area contributed by atoms with Crippen LogP contribution in [0, 0.1) is 20.8 Å². The second kappa shape index (κ2) is 12.6. The Morgan fingerprint density at radius 1 is 0.528 bits per heavy atom. The Morgan fingerprint density at radius 3 is 1.61 bits per heavy atom. The van der Waals surface area contributed by atoms with Gasteiger partial charge in [0.15, 0.2) is 0 Å². The highest BCUT2D eigenvalue weighted by atomic mass is 35.5. The maximum atomic E-state index is 6.20. The fourth-order valence-corrected chi connectivity index (χ4v) is 3.68. The van der Waals surface area contributed by atoms with E-state index in [2.05, 4.69) is 78.8 Å². The summed E-state index contributed by atoms with van der Waals surface area (Å²) in [5.74, 6) is 4.33. The summed E-state index contributed by atoms with van der Waals surface area (Å²) in [5, 5.41) is 0.641. The molecule has 0 aromatic heterocycles. The minimum atomic E-state index is 0.458.